The van der Waals surface area contributed by atoms with E-state index in [1.165, 1.54) is 0 Å². The van der Waals surface area contributed by atoms with Crippen LogP contribution in [0.3, 0.4) is 0 Å². The van der Waals surface area contributed by atoms with Crippen LogP contribution in [0.25, 0.3) is 0 Å². The molecule has 4 nitrogen and oxygen atoms in total. The van der Waals surface area contributed by atoms with Crippen LogP contribution in [0, 0.1) is 11.8 Å². The predicted octanol–water partition coefficient (Wildman–Crippen LogP) is 3.68. The largest absolute Gasteiger partial charge is 0.326 e. The SMILES string of the molecule is CC(C)C(=O)Nc1cccc(N(C(=O)C(C)C)C(C)C)c1. The highest BCUT2D eigenvalue weighted by atomic mass is 16.2. The van der Waals surface area contributed by atoms with Gasteiger partial charge in [-0.1, -0.05) is 33.8 Å². The summed E-state index contributed by atoms with van der Waals surface area (Å²) in [5, 5.41) is 2.87. The molecule has 0 heterocycles. The van der Waals surface area contributed by atoms with E-state index in [0.29, 0.717) is 5.69 Å². The van der Waals surface area contributed by atoms with E-state index >= 15 is 0 Å². The lowest BCUT2D eigenvalue weighted by Gasteiger charge is -2.29. The Kier molecular flexibility index (Phi) is 5.94. The van der Waals surface area contributed by atoms with Crippen molar-refractivity contribution in [3.63, 3.8) is 0 Å². The van der Waals surface area contributed by atoms with Gasteiger partial charge in [0.05, 0.1) is 0 Å². The van der Waals surface area contributed by atoms with Gasteiger partial charge in [0.1, 0.15) is 0 Å². The van der Waals surface area contributed by atoms with E-state index in [1.807, 2.05) is 65.8 Å². The van der Waals surface area contributed by atoms with Crippen LogP contribution < -0.4 is 10.2 Å². The van der Waals surface area contributed by atoms with Crippen molar-refractivity contribution in [1.82, 2.24) is 0 Å². The van der Waals surface area contributed by atoms with Gasteiger partial charge in [-0.15, -0.1) is 0 Å². The molecule has 1 aromatic carbocycles. The van der Waals surface area contributed by atoms with Crippen LogP contribution in [0.1, 0.15) is 41.5 Å². The van der Waals surface area contributed by atoms with E-state index in [9.17, 15) is 9.59 Å². The van der Waals surface area contributed by atoms with Gasteiger partial charge < -0.3 is 10.2 Å². The average Bonchev–Trinajstić information content (AvgIpc) is 2.38. The third-order valence-corrected chi connectivity index (χ3v) is 3.16. The molecule has 4 heteroatoms. The zero-order valence-electron chi connectivity index (χ0n) is 13.8. The number of anilines is 2. The molecule has 0 radical (unpaired) electrons. The predicted molar refractivity (Wildman–Crippen MR) is 87.4 cm³/mol. The first-order valence-electron chi connectivity index (χ1n) is 7.48. The summed E-state index contributed by atoms with van der Waals surface area (Å²) in [5.74, 6) is -0.0933. The molecule has 1 rings (SSSR count). The van der Waals surface area contributed by atoms with Crippen LogP contribution in [0.2, 0.25) is 0 Å². The topological polar surface area (TPSA) is 49.4 Å². The molecular weight excluding hydrogens is 264 g/mol. The minimum atomic E-state index is -0.0767. The number of rotatable bonds is 5. The lowest BCUT2D eigenvalue weighted by molar-refractivity contribution is -0.121. The normalized spacial score (nSPS) is 11.1. The van der Waals surface area contributed by atoms with E-state index in [4.69, 9.17) is 0 Å². The second-order valence-corrected chi connectivity index (χ2v) is 6.15. The molecule has 0 unspecified atom stereocenters. The Bertz CT molecular complexity index is 507. The van der Waals surface area contributed by atoms with Crippen molar-refractivity contribution >= 4 is 23.2 Å². The molecule has 1 aromatic rings. The fourth-order valence-electron chi connectivity index (χ4n) is 1.98. The van der Waals surface area contributed by atoms with Crippen molar-refractivity contribution in [3.05, 3.63) is 24.3 Å². The lowest BCUT2D eigenvalue weighted by atomic mass is 10.1. The van der Waals surface area contributed by atoms with Gasteiger partial charge in [-0.05, 0) is 32.0 Å². The summed E-state index contributed by atoms with van der Waals surface area (Å²) in [6, 6.07) is 7.50. The molecule has 0 bridgehead atoms. The molecule has 0 atom stereocenters. The maximum Gasteiger partial charge on any atom is 0.229 e. The number of hydrogen-bond acceptors (Lipinski definition) is 2. The highest BCUT2D eigenvalue weighted by molar-refractivity contribution is 5.97. The molecule has 0 aliphatic heterocycles. The lowest BCUT2D eigenvalue weighted by Crippen LogP contribution is -2.39. The van der Waals surface area contributed by atoms with Crippen LogP contribution >= 0.6 is 0 Å². The highest BCUT2D eigenvalue weighted by Crippen LogP contribution is 2.23. The van der Waals surface area contributed by atoms with Crippen molar-refractivity contribution in [2.24, 2.45) is 11.8 Å². The maximum atomic E-state index is 12.4. The second-order valence-electron chi connectivity index (χ2n) is 6.15. The molecule has 116 valence electrons. The van der Waals surface area contributed by atoms with Gasteiger partial charge >= 0.3 is 0 Å². The molecule has 0 spiro atoms. The van der Waals surface area contributed by atoms with Crippen molar-refractivity contribution in [3.8, 4) is 0 Å². The number of hydrogen-bond donors (Lipinski definition) is 1. The minimum absolute atomic E-state index is 0.0292. The molecule has 0 aromatic heterocycles. The van der Waals surface area contributed by atoms with Gasteiger partial charge in [-0.3, -0.25) is 9.59 Å². The van der Waals surface area contributed by atoms with E-state index < -0.39 is 0 Å². The van der Waals surface area contributed by atoms with Crippen LogP contribution in [0.4, 0.5) is 11.4 Å². The van der Waals surface area contributed by atoms with Gasteiger partial charge in [0.15, 0.2) is 0 Å². The summed E-state index contributed by atoms with van der Waals surface area (Å²) in [4.78, 5) is 25.9. The zero-order valence-corrected chi connectivity index (χ0v) is 13.8. The van der Waals surface area contributed by atoms with Gasteiger partial charge in [0, 0.05) is 29.3 Å². The molecule has 0 saturated heterocycles. The third-order valence-electron chi connectivity index (χ3n) is 3.16. The smallest absolute Gasteiger partial charge is 0.229 e. The van der Waals surface area contributed by atoms with Gasteiger partial charge in [0.25, 0.3) is 0 Å². The summed E-state index contributed by atoms with van der Waals surface area (Å²) in [6.07, 6.45) is 0. The third kappa shape index (κ3) is 4.59. The Morgan fingerprint density at radius 3 is 2.10 bits per heavy atom. The van der Waals surface area contributed by atoms with Crippen LogP contribution in [-0.2, 0) is 9.59 Å². The number of nitrogens with zero attached hydrogens (tertiary/aromatic N) is 1. The first-order chi connectivity index (χ1) is 9.73. The Balaban J connectivity index is 3.06. The molecule has 1 N–H and O–H groups in total. The Hall–Kier alpha value is -1.84. The summed E-state index contributed by atoms with van der Waals surface area (Å²) in [5.41, 5.74) is 1.53. The molecule has 0 fully saturated rings. The maximum absolute atomic E-state index is 12.4. The number of carbonyl (C=O) groups is 2. The number of nitrogens with one attached hydrogen (secondary N) is 1. The molecule has 21 heavy (non-hydrogen) atoms. The second kappa shape index (κ2) is 7.25. The van der Waals surface area contributed by atoms with Crippen LogP contribution in [0.15, 0.2) is 24.3 Å². The van der Waals surface area contributed by atoms with Gasteiger partial charge in [-0.25, -0.2) is 0 Å². The summed E-state index contributed by atoms with van der Waals surface area (Å²) < 4.78 is 0. The zero-order chi connectivity index (χ0) is 16.2. The van der Waals surface area contributed by atoms with E-state index in [0.717, 1.165) is 5.69 Å². The van der Waals surface area contributed by atoms with Crippen LogP contribution in [0.5, 0.6) is 0 Å². The quantitative estimate of drug-likeness (QED) is 0.899. The van der Waals surface area contributed by atoms with Crippen molar-refractivity contribution in [2.45, 2.75) is 47.6 Å². The molecule has 0 aliphatic carbocycles. The standard InChI is InChI=1S/C17H26N2O2/c1-11(2)16(20)18-14-8-7-9-15(10-14)19(13(5)6)17(21)12(3)4/h7-13H,1-6H3,(H,18,20). The summed E-state index contributed by atoms with van der Waals surface area (Å²) >= 11 is 0. The summed E-state index contributed by atoms with van der Waals surface area (Å²) in [6.45, 7) is 11.5. The van der Waals surface area contributed by atoms with Crippen molar-refractivity contribution in [1.29, 1.82) is 0 Å². The highest BCUT2D eigenvalue weighted by Gasteiger charge is 2.22. The first-order valence-corrected chi connectivity index (χ1v) is 7.48. The molecule has 0 aliphatic rings. The van der Waals surface area contributed by atoms with E-state index in [-0.39, 0.29) is 29.7 Å². The molecular formula is C17H26N2O2. The number of carbonyl (C=O) groups excluding carboxylic acids is 2. The molecule has 0 saturated carbocycles. The van der Waals surface area contributed by atoms with E-state index in [2.05, 4.69) is 5.32 Å². The minimum Gasteiger partial charge on any atom is -0.326 e. The number of amides is 2. The monoisotopic (exact) mass is 290 g/mol. The van der Waals surface area contributed by atoms with Gasteiger partial charge in [-0.2, -0.15) is 0 Å². The Morgan fingerprint density at radius 1 is 1.00 bits per heavy atom. The molecule has 2 amide bonds. The van der Waals surface area contributed by atoms with E-state index in [1.54, 1.807) is 4.90 Å². The van der Waals surface area contributed by atoms with Crippen molar-refractivity contribution in [2.75, 3.05) is 10.2 Å². The Labute approximate surface area is 127 Å². The van der Waals surface area contributed by atoms with Gasteiger partial charge in [0.2, 0.25) is 11.8 Å². The number of benzene rings is 1. The average molecular weight is 290 g/mol. The summed E-state index contributed by atoms with van der Waals surface area (Å²) in [7, 11) is 0. The fraction of sp³-hybridized carbons (Fsp3) is 0.529. The van der Waals surface area contributed by atoms with Crippen LogP contribution in [-0.4, -0.2) is 17.9 Å². The van der Waals surface area contributed by atoms with Crippen molar-refractivity contribution < 1.29 is 9.59 Å². The fourth-order valence-corrected chi connectivity index (χ4v) is 1.98. The Morgan fingerprint density at radius 2 is 1.62 bits per heavy atom. The first kappa shape index (κ1) is 17.2.